The summed E-state index contributed by atoms with van der Waals surface area (Å²) >= 11 is 0. The second-order valence-corrected chi connectivity index (χ2v) is 6.39. The standard InChI is InChI=1S/C21H19F2N5O2/c1-29-18-11-14(7-8-17(18)30-21(22)23)9-10-24-19-16-12-27-28(20(16)26-13-25-19)15-5-3-2-4-6-15/h2-8,11-13,21H,9-10H2,1H3,(H,24,25,26). The Labute approximate surface area is 171 Å². The number of fused-ring (bicyclic) bond motifs is 1. The van der Waals surface area contributed by atoms with Crippen LogP contribution in [-0.4, -0.2) is 40.0 Å². The smallest absolute Gasteiger partial charge is 0.387 e. The maximum atomic E-state index is 12.5. The molecule has 0 atom stereocenters. The highest BCUT2D eigenvalue weighted by Crippen LogP contribution is 2.29. The Hall–Kier alpha value is -3.75. The van der Waals surface area contributed by atoms with Crippen molar-refractivity contribution in [1.29, 1.82) is 0 Å². The number of para-hydroxylation sites is 1. The topological polar surface area (TPSA) is 74.1 Å². The summed E-state index contributed by atoms with van der Waals surface area (Å²) in [5.74, 6) is 0.947. The van der Waals surface area contributed by atoms with Gasteiger partial charge in [0.2, 0.25) is 0 Å². The van der Waals surface area contributed by atoms with E-state index in [-0.39, 0.29) is 11.5 Å². The Morgan fingerprint density at radius 2 is 1.90 bits per heavy atom. The van der Waals surface area contributed by atoms with Crippen LogP contribution in [0.15, 0.2) is 61.1 Å². The molecule has 2 heterocycles. The number of aromatic nitrogens is 4. The van der Waals surface area contributed by atoms with Crippen molar-refractivity contribution >= 4 is 16.9 Å². The number of nitrogens with one attached hydrogen (secondary N) is 1. The van der Waals surface area contributed by atoms with Crippen LogP contribution in [0.5, 0.6) is 11.5 Å². The predicted octanol–water partition coefficient (Wildman–Crippen LogP) is 4.08. The Kier molecular flexibility index (Phi) is 5.69. The van der Waals surface area contributed by atoms with Gasteiger partial charge in [0, 0.05) is 6.54 Å². The third-order valence-corrected chi connectivity index (χ3v) is 4.52. The average molecular weight is 411 g/mol. The van der Waals surface area contributed by atoms with E-state index in [4.69, 9.17) is 4.74 Å². The molecule has 0 saturated carbocycles. The lowest BCUT2D eigenvalue weighted by atomic mass is 10.1. The lowest BCUT2D eigenvalue weighted by molar-refractivity contribution is -0.0512. The number of hydrogen-bond donors (Lipinski definition) is 1. The summed E-state index contributed by atoms with van der Waals surface area (Å²) in [5.41, 5.74) is 2.52. The minimum Gasteiger partial charge on any atom is -0.493 e. The monoisotopic (exact) mass is 411 g/mol. The van der Waals surface area contributed by atoms with Gasteiger partial charge in [-0.2, -0.15) is 13.9 Å². The Morgan fingerprint density at radius 1 is 1.07 bits per heavy atom. The summed E-state index contributed by atoms with van der Waals surface area (Å²) in [5, 5.41) is 8.52. The van der Waals surface area contributed by atoms with Gasteiger partial charge in [0.25, 0.3) is 0 Å². The van der Waals surface area contributed by atoms with Crippen LogP contribution in [0, 0.1) is 0 Å². The van der Waals surface area contributed by atoms with Crippen molar-refractivity contribution in [2.24, 2.45) is 0 Å². The highest BCUT2D eigenvalue weighted by atomic mass is 19.3. The molecular weight excluding hydrogens is 392 g/mol. The van der Waals surface area contributed by atoms with Crippen molar-refractivity contribution in [3.63, 3.8) is 0 Å². The quantitative estimate of drug-likeness (QED) is 0.471. The van der Waals surface area contributed by atoms with Gasteiger partial charge in [-0.25, -0.2) is 14.6 Å². The van der Waals surface area contributed by atoms with Gasteiger partial charge in [-0.05, 0) is 36.2 Å². The zero-order valence-electron chi connectivity index (χ0n) is 16.1. The molecule has 4 rings (SSSR count). The van der Waals surface area contributed by atoms with Crippen LogP contribution in [0.4, 0.5) is 14.6 Å². The number of ether oxygens (including phenoxy) is 2. The van der Waals surface area contributed by atoms with Crippen LogP contribution in [0.25, 0.3) is 16.7 Å². The molecule has 2 aromatic heterocycles. The molecule has 0 spiro atoms. The van der Waals surface area contributed by atoms with Gasteiger partial charge in [0.05, 0.1) is 24.4 Å². The van der Waals surface area contributed by atoms with Crippen molar-refractivity contribution < 1.29 is 18.3 Å². The number of hydrogen-bond acceptors (Lipinski definition) is 6. The lowest BCUT2D eigenvalue weighted by Gasteiger charge is -2.12. The van der Waals surface area contributed by atoms with Gasteiger partial charge in [-0.1, -0.05) is 24.3 Å². The second-order valence-electron chi connectivity index (χ2n) is 6.39. The minimum absolute atomic E-state index is 0.00930. The SMILES string of the molecule is COc1cc(CCNc2ncnc3c2cnn3-c2ccccc2)ccc1OC(F)F. The van der Waals surface area contributed by atoms with Gasteiger partial charge in [0.15, 0.2) is 17.1 Å². The van der Waals surface area contributed by atoms with Gasteiger partial charge in [0.1, 0.15) is 12.1 Å². The first-order chi connectivity index (χ1) is 14.7. The highest BCUT2D eigenvalue weighted by Gasteiger charge is 2.12. The van der Waals surface area contributed by atoms with Crippen molar-refractivity contribution in [3.05, 3.63) is 66.6 Å². The molecule has 0 saturated heterocycles. The molecule has 0 bridgehead atoms. The molecule has 0 unspecified atom stereocenters. The predicted molar refractivity (Wildman–Crippen MR) is 108 cm³/mol. The number of halogens is 2. The van der Waals surface area contributed by atoms with E-state index in [2.05, 4.69) is 25.1 Å². The number of nitrogens with zero attached hydrogens (tertiary/aromatic N) is 4. The lowest BCUT2D eigenvalue weighted by Crippen LogP contribution is -2.08. The molecular formula is C21H19F2N5O2. The molecule has 7 nitrogen and oxygen atoms in total. The van der Waals surface area contributed by atoms with Gasteiger partial charge in [-0.15, -0.1) is 0 Å². The molecule has 0 fully saturated rings. The molecule has 0 aliphatic rings. The number of anilines is 1. The van der Waals surface area contributed by atoms with Crippen molar-refractivity contribution in [2.75, 3.05) is 19.0 Å². The molecule has 0 radical (unpaired) electrons. The fraction of sp³-hybridized carbons (Fsp3) is 0.190. The minimum atomic E-state index is -2.90. The molecule has 2 aromatic carbocycles. The number of rotatable bonds is 8. The van der Waals surface area contributed by atoms with Gasteiger partial charge in [-0.3, -0.25) is 0 Å². The largest absolute Gasteiger partial charge is 0.493 e. The van der Waals surface area contributed by atoms with Crippen LogP contribution in [0.1, 0.15) is 5.56 Å². The number of methoxy groups -OCH3 is 1. The van der Waals surface area contributed by atoms with E-state index in [0.29, 0.717) is 24.4 Å². The fourth-order valence-corrected chi connectivity index (χ4v) is 3.13. The van der Waals surface area contributed by atoms with Gasteiger partial charge < -0.3 is 14.8 Å². The molecule has 30 heavy (non-hydrogen) atoms. The summed E-state index contributed by atoms with van der Waals surface area (Å²) in [6.45, 7) is -2.33. The molecule has 0 aliphatic heterocycles. The van der Waals surface area contributed by atoms with Crippen LogP contribution >= 0.6 is 0 Å². The zero-order valence-corrected chi connectivity index (χ0v) is 16.1. The van der Waals surface area contributed by atoms with Crippen LogP contribution in [0.3, 0.4) is 0 Å². The van der Waals surface area contributed by atoms with Crippen LogP contribution < -0.4 is 14.8 Å². The van der Waals surface area contributed by atoms with E-state index in [1.54, 1.807) is 23.0 Å². The number of benzene rings is 2. The summed E-state index contributed by atoms with van der Waals surface area (Å²) in [6.07, 6.45) is 3.85. The molecule has 1 N–H and O–H groups in total. The van der Waals surface area contributed by atoms with E-state index in [1.807, 2.05) is 30.3 Å². The van der Waals surface area contributed by atoms with E-state index >= 15 is 0 Å². The normalized spacial score (nSPS) is 11.1. The van der Waals surface area contributed by atoms with E-state index < -0.39 is 6.61 Å². The van der Waals surface area contributed by atoms with E-state index in [1.165, 1.54) is 19.5 Å². The molecule has 154 valence electrons. The zero-order chi connectivity index (χ0) is 20.9. The first-order valence-corrected chi connectivity index (χ1v) is 9.25. The second kappa shape index (κ2) is 8.73. The summed E-state index contributed by atoms with van der Waals surface area (Å²) in [6, 6.07) is 14.6. The Balaban J connectivity index is 1.48. The first-order valence-electron chi connectivity index (χ1n) is 9.25. The number of alkyl halides is 2. The molecule has 0 aliphatic carbocycles. The summed E-state index contributed by atoms with van der Waals surface area (Å²) < 4.78 is 36.3. The van der Waals surface area contributed by atoms with Crippen molar-refractivity contribution in [2.45, 2.75) is 13.0 Å². The first kappa shape index (κ1) is 19.6. The third-order valence-electron chi connectivity index (χ3n) is 4.52. The third kappa shape index (κ3) is 4.14. The highest BCUT2D eigenvalue weighted by molar-refractivity contribution is 5.87. The van der Waals surface area contributed by atoms with Crippen molar-refractivity contribution in [1.82, 2.24) is 19.7 Å². The average Bonchev–Trinajstić information content (AvgIpc) is 3.20. The van der Waals surface area contributed by atoms with Crippen LogP contribution in [-0.2, 0) is 6.42 Å². The molecule has 9 heteroatoms. The fourth-order valence-electron chi connectivity index (χ4n) is 3.13. The van der Waals surface area contributed by atoms with Crippen LogP contribution in [0.2, 0.25) is 0 Å². The van der Waals surface area contributed by atoms with Gasteiger partial charge >= 0.3 is 6.61 Å². The summed E-state index contributed by atoms with van der Waals surface area (Å²) in [4.78, 5) is 8.68. The maximum Gasteiger partial charge on any atom is 0.387 e. The maximum absolute atomic E-state index is 12.5. The van der Waals surface area contributed by atoms with E-state index in [0.717, 1.165) is 16.6 Å². The van der Waals surface area contributed by atoms with E-state index in [9.17, 15) is 8.78 Å². The Bertz CT molecular complexity index is 1130. The van der Waals surface area contributed by atoms with Crippen molar-refractivity contribution in [3.8, 4) is 17.2 Å². The molecule has 4 aromatic rings. The molecule has 0 amide bonds. The summed E-state index contributed by atoms with van der Waals surface area (Å²) in [7, 11) is 1.41. The Morgan fingerprint density at radius 3 is 2.67 bits per heavy atom.